The summed E-state index contributed by atoms with van der Waals surface area (Å²) >= 11 is 0. The highest BCUT2D eigenvalue weighted by Crippen LogP contribution is 2.55. The molecule has 19 heterocycles. The average molecular weight is 1810 g/mol. The van der Waals surface area contributed by atoms with Gasteiger partial charge in [0.15, 0.2) is 57.0 Å². The van der Waals surface area contributed by atoms with Crippen LogP contribution in [-0.4, -0.2) is 108 Å². The first-order valence-corrected chi connectivity index (χ1v) is 46.8. The highest BCUT2D eigenvalue weighted by atomic mass is 16.4. The minimum absolute atomic E-state index is 0.0830. The molecule has 26 rings (SSSR count). The SMILES string of the molecule is Cc1ccc2c(n1)oc1c(N3c4ccccc4N(c4ccccc4)C3C)c(C)ccc12.Cc1ccc2c(n1)oc1c(N3c4cccnc4N(C)C3C)c(C)ccc12.Cc1ccc2c(n1)oc1c(N3c4ncccc4N(C(C)C)C3C)c(C)ccc12.Cc1ccc2c(n1)oc1c(N3c4ncccc4N(C)C3C)c(C)ccc12.Cc1ccc2c(n1)oc1c(N3c4nccnc4N(C)C3C)c(C)ccc12. The van der Waals surface area contributed by atoms with Crippen molar-refractivity contribution in [3.8, 4) is 0 Å². The summed E-state index contributed by atoms with van der Waals surface area (Å²) in [5.41, 5.74) is 30.7. The van der Waals surface area contributed by atoms with Crippen molar-refractivity contribution in [1.29, 1.82) is 0 Å². The van der Waals surface area contributed by atoms with Crippen LogP contribution in [0.5, 0.6) is 0 Å². The Morgan fingerprint density at radius 1 is 0.234 bits per heavy atom. The minimum atomic E-state index is 0.0830. The van der Waals surface area contributed by atoms with E-state index < -0.39 is 0 Å². The second kappa shape index (κ2) is 33.5. The third-order valence-corrected chi connectivity index (χ3v) is 27.9. The maximum absolute atomic E-state index is 6.39. The van der Waals surface area contributed by atoms with Gasteiger partial charge in [-0.1, -0.05) is 91.0 Å². The molecule has 21 aromatic rings. The van der Waals surface area contributed by atoms with E-state index in [0.29, 0.717) is 34.6 Å². The van der Waals surface area contributed by atoms with Crippen molar-refractivity contribution in [3.05, 3.63) is 300 Å². The molecule has 5 atom stereocenters. The molecule has 7 aromatic carbocycles. The number of anilines is 16. The third-order valence-electron chi connectivity index (χ3n) is 27.9. The third kappa shape index (κ3) is 14.0. The summed E-state index contributed by atoms with van der Waals surface area (Å²) in [6.07, 6.45) is 9.61. The van der Waals surface area contributed by atoms with Crippen LogP contribution in [0.3, 0.4) is 0 Å². The van der Waals surface area contributed by atoms with E-state index in [1.165, 1.54) is 28.2 Å². The van der Waals surface area contributed by atoms with E-state index >= 15 is 0 Å². The molecular weight excluding hydrogens is 1710 g/mol. The van der Waals surface area contributed by atoms with E-state index in [1.807, 2.05) is 109 Å². The van der Waals surface area contributed by atoms with E-state index in [9.17, 15) is 0 Å². The van der Waals surface area contributed by atoms with Crippen molar-refractivity contribution >= 4 is 202 Å². The largest absolute Gasteiger partial charge is 0.435 e. The maximum Gasteiger partial charge on any atom is 0.227 e. The highest BCUT2D eigenvalue weighted by molar-refractivity contribution is 6.15. The van der Waals surface area contributed by atoms with Gasteiger partial charge in [-0.2, -0.15) is 0 Å². The van der Waals surface area contributed by atoms with E-state index in [4.69, 9.17) is 27.1 Å². The van der Waals surface area contributed by atoms with Gasteiger partial charge in [-0.05, 0) is 267 Å². The zero-order chi connectivity index (χ0) is 94.7. The molecule has 0 saturated carbocycles. The van der Waals surface area contributed by atoms with Crippen LogP contribution in [0.4, 0.5) is 91.7 Å². The molecule has 0 amide bonds. The summed E-state index contributed by atoms with van der Waals surface area (Å²) < 4.78 is 31.5. The van der Waals surface area contributed by atoms with Crippen molar-refractivity contribution in [2.24, 2.45) is 0 Å². The Labute approximate surface area is 793 Å². The van der Waals surface area contributed by atoms with E-state index in [0.717, 1.165) is 202 Å². The molecule has 0 fully saturated rings. The zero-order valence-corrected chi connectivity index (χ0v) is 80.5. The van der Waals surface area contributed by atoms with Gasteiger partial charge in [-0.3, -0.25) is 4.90 Å². The van der Waals surface area contributed by atoms with Gasteiger partial charge in [0.25, 0.3) is 0 Å². The Morgan fingerprint density at radius 2 is 0.518 bits per heavy atom. The maximum atomic E-state index is 6.39. The van der Waals surface area contributed by atoms with Gasteiger partial charge in [-0.15, -0.1) is 0 Å². The van der Waals surface area contributed by atoms with Crippen molar-refractivity contribution < 1.29 is 22.1 Å². The lowest BCUT2D eigenvalue weighted by molar-refractivity contribution is 0.601. The number of furan rings is 5. The van der Waals surface area contributed by atoms with Crippen molar-refractivity contribution in [3.63, 3.8) is 0 Å². The minimum Gasteiger partial charge on any atom is -0.435 e. The van der Waals surface area contributed by atoms with Gasteiger partial charge >= 0.3 is 0 Å². The molecule has 137 heavy (non-hydrogen) atoms. The van der Waals surface area contributed by atoms with E-state index in [2.05, 4.69) is 355 Å². The second-order valence-corrected chi connectivity index (χ2v) is 36.9. The van der Waals surface area contributed by atoms with Crippen LogP contribution < -0.4 is 49.0 Å². The number of nitrogens with zero attached hydrogens (tertiary/aromatic N) is 20. The summed E-state index contributed by atoms with van der Waals surface area (Å²) in [5, 5.41) is 10.7. The van der Waals surface area contributed by atoms with Crippen molar-refractivity contribution in [2.75, 3.05) is 70.1 Å². The summed E-state index contributed by atoms with van der Waals surface area (Å²) in [6, 6.07) is 74.0. The smallest absolute Gasteiger partial charge is 0.227 e. The predicted octanol–water partition coefficient (Wildman–Crippen LogP) is 27.1. The normalized spacial score (nSPS) is 16.5. The fourth-order valence-electron chi connectivity index (χ4n) is 20.9. The molecule has 0 aliphatic carbocycles. The first kappa shape index (κ1) is 86.2. The Hall–Kier alpha value is -16.2. The Kier molecular flexibility index (Phi) is 21.1. The molecule has 5 aliphatic rings. The monoisotopic (exact) mass is 1810 g/mol. The van der Waals surface area contributed by atoms with Crippen LogP contribution in [0.2, 0.25) is 0 Å². The molecule has 5 aliphatic heterocycles. The van der Waals surface area contributed by atoms with Gasteiger partial charge < -0.3 is 66.2 Å². The standard InChI is InChI=1S/C27H23N3O.C23H24N4O.2C21H20N4O.C20H19N5O/c1-17-13-15-21-22-16-14-18(2)28-27(22)31-26(21)25(17)30-19(3)29(20-9-5-4-6-10-20)23-11-7-8-12-24(23)30;1-13(2)26-16(5)27(22-19(26)7-6-12-24-22)20-14(3)8-10-17-18-11-9-15(4)25-23(18)28-21(17)20;1-12-7-9-15-16-10-8-13(2)23-21(16)26-19(15)18(12)25-14(3)24(4)20-17(25)6-5-11-22-20;1-12-7-9-15-16-10-8-13(2)23-21(16)26-19(15)18(12)25-14(3)24(4)17-6-5-11-22-20(17)25;1-11-5-7-14-15-8-6-12(2)23-20(15)26-17(14)16(11)25-13(3)24(4)18-19(25)22-10-9-21-18/h4-16,19H,1-3H3;6-13,16H,1-5H3;2*5-11,14H,1-4H3;5-10,13H,1-4H3. The van der Waals surface area contributed by atoms with Crippen LogP contribution >= 0.6 is 0 Å². The molecular formula is C112H106N20O5. The summed E-state index contributed by atoms with van der Waals surface area (Å²) in [4.78, 5) is 68.9. The second-order valence-electron chi connectivity index (χ2n) is 36.9. The van der Waals surface area contributed by atoms with Crippen LogP contribution in [-0.2, 0) is 0 Å². The molecule has 5 unspecified atom stereocenters. The van der Waals surface area contributed by atoms with E-state index in [-0.39, 0.29) is 30.8 Å². The molecule has 14 aromatic heterocycles. The number of aromatic nitrogens is 10. The van der Waals surface area contributed by atoms with Crippen LogP contribution in [0, 0.1) is 69.2 Å². The number of hydrogen-bond donors (Lipinski definition) is 0. The van der Waals surface area contributed by atoms with Crippen molar-refractivity contribution in [1.82, 2.24) is 49.8 Å². The molecule has 25 nitrogen and oxygen atoms in total. The quantitative estimate of drug-likeness (QED) is 0.144. The first-order valence-electron chi connectivity index (χ1n) is 46.8. The number of para-hydroxylation sites is 3. The van der Waals surface area contributed by atoms with E-state index in [1.54, 1.807) is 12.4 Å². The topological polar surface area (TPSA) is 227 Å². The van der Waals surface area contributed by atoms with Gasteiger partial charge in [0.05, 0.1) is 56.9 Å². The fraction of sp³-hybridized carbons (Fsp3) is 0.232. The van der Waals surface area contributed by atoms with Crippen LogP contribution in [0.1, 0.15) is 105 Å². The lowest BCUT2D eigenvalue weighted by atomic mass is 10.1. The predicted molar refractivity (Wildman–Crippen MR) is 556 cm³/mol. The molecule has 0 radical (unpaired) electrons. The molecule has 0 bridgehead atoms. The number of fused-ring (bicyclic) bond motifs is 20. The Balaban J connectivity index is 0.0000000992. The molecule has 0 N–H and O–H groups in total. The number of hydrogen-bond acceptors (Lipinski definition) is 25. The molecule has 684 valence electrons. The molecule has 0 spiro atoms. The average Bonchev–Trinajstić information content (AvgIpc) is 1.53. The first-order chi connectivity index (χ1) is 66.3. The molecule has 25 heteroatoms. The number of rotatable bonds is 7. The lowest BCUT2D eigenvalue weighted by Gasteiger charge is -2.33. The van der Waals surface area contributed by atoms with Crippen LogP contribution in [0.15, 0.2) is 265 Å². The van der Waals surface area contributed by atoms with Crippen LogP contribution in [0.25, 0.3) is 110 Å². The fourth-order valence-corrected chi connectivity index (χ4v) is 20.9. The van der Waals surface area contributed by atoms with Gasteiger partial charge in [-0.25, -0.2) is 49.8 Å². The number of benzene rings is 7. The Bertz CT molecular complexity index is 7950. The highest BCUT2D eigenvalue weighted by Gasteiger charge is 2.43. The Morgan fingerprint density at radius 3 is 0.920 bits per heavy atom. The van der Waals surface area contributed by atoms with Crippen molar-refractivity contribution in [2.45, 2.75) is 155 Å². The van der Waals surface area contributed by atoms with Gasteiger partial charge in [0.2, 0.25) is 28.6 Å². The molecule has 0 saturated heterocycles. The summed E-state index contributed by atoms with van der Waals surface area (Å²) in [6.45, 7) is 36.0. The number of pyridine rings is 8. The lowest BCUT2D eigenvalue weighted by Crippen LogP contribution is -2.42. The number of aryl methyl sites for hydroxylation is 10. The summed E-state index contributed by atoms with van der Waals surface area (Å²) in [5.74, 6) is 4.65. The van der Waals surface area contributed by atoms with Gasteiger partial charge in [0.1, 0.15) is 30.8 Å². The zero-order valence-electron chi connectivity index (χ0n) is 80.5. The van der Waals surface area contributed by atoms with Gasteiger partial charge in [0, 0.05) is 146 Å². The summed E-state index contributed by atoms with van der Waals surface area (Å²) in [7, 11) is 6.22.